The molecule has 0 bridgehead atoms. The Morgan fingerprint density at radius 1 is 1.42 bits per heavy atom. The lowest BCUT2D eigenvalue weighted by molar-refractivity contribution is 0.411. The third kappa shape index (κ3) is 3.49. The number of hydrogen-bond acceptors (Lipinski definition) is 4. The van der Waals surface area contributed by atoms with Crippen LogP contribution in [0, 0.1) is 0 Å². The van der Waals surface area contributed by atoms with E-state index in [2.05, 4.69) is 40.3 Å². The smallest absolute Gasteiger partial charge is 0.133 e. The number of hydrogen-bond donors (Lipinski definition) is 2. The van der Waals surface area contributed by atoms with E-state index in [0.717, 1.165) is 22.5 Å². The van der Waals surface area contributed by atoms with Crippen LogP contribution in [0.4, 0.5) is 5.69 Å². The van der Waals surface area contributed by atoms with Crippen LogP contribution in [-0.4, -0.2) is 7.11 Å². The van der Waals surface area contributed by atoms with E-state index >= 15 is 0 Å². The Morgan fingerprint density at radius 2 is 2.21 bits per heavy atom. The standard InChI is InChI=1S/C14H17BrN2OS/c1-9(17-8-14-12(16)5-6-19-14)10-3-4-13(18-2)11(15)7-10/h3-7,9,17H,8,16H2,1-2H3. The van der Waals surface area contributed by atoms with Gasteiger partial charge in [0, 0.05) is 23.2 Å². The van der Waals surface area contributed by atoms with Gasteiger partial charge in [0.25, 0.3) is 0 Å². The summed E-state index contributed by atoms with van der Waals surface area (Å²) in [4.78, 5) is 1.18. The van der Waals surface area contributed by atoms with Crippen molar-refractivity contribution in [2.24, 2.45) is 0 Å². The maximum atomic E-state index is 5.87. The first-order valence-corrected chi connectivity index (χ1v) is 7.67. The van der Waals surface area contributed by atoms with Crippen molar-refractivity contribution in [3.8, 4) is 5.75 Å². The van der Waals surface area contributed by atoms with Gasteiger partial charge in [0.2, 0.25) is 0 Å². The highest BCUT2D eigenvalue weighted by Gasteiger charge is 2.09. The highest BCUT2D eigenvalue weighted by Crippen LogP contribution is 2.28. The lowest BCUT2D eigenvalue weighted by Crippen LogP contribution is -2.18. The van der Waals surface area contributed by atoms with Crippen molar-refractivity contribution in [3.63, 3.8) is 0 Å². The second kappa shape index (κ2) is 6.41. The molecule has 3 nitrogen and oxygen atoms in total. The van der Waals surface area contributed by atoms with Crippen molar-refractivity contribution >= 4 is 33.0 Å². The highest BCUT2D eigenvalue weighted by atomic mass is 79.9. The lowest BCUT2D eigenvalue weighted by Gasteiger charge is -2.15. The number of rotatable bonds is 5. The van der Waals surface area contributed by atoms with E-state index in [-0.39, 0.29) is 6.04 Å². The summed E-state index contributed by atoms with van der Waals surface area (Å²) in [6.07, 6.45) is 0. The fourth-order valence-corrected chi connectivity index (χ4v) is 3.12. The summed E-state index contributed by atoms with van der Waals surface area (Å²) in [6, 6.07) is 8.31. The molecule has 1 unspecified atom stereocenters. The van der Waals surface area contributed by atoms with Gasteiger partial charge in [0.05, 0.1) is 11.6 Å². The molecule has 3 N–H and O–H groups in total. The van der Waals surface area contributed by atoms with Crippen LogP contribution >= 0.6 is 27.3 Å². The Labute approximate surface area is 125 Å². The van der Waals surface area contributed by atoms with Gasteiger partial charge >= 0.3 is 0 Å². The number of thiophene rings is 1. The zero-order valence-electron chi connectivity index (χ0n) is 10.9. The predicted octanol–water partition coefficient (Wildman–Crippen LogP) is 3.95. The summed E-state index contributed by atoms with van der Waals surface area (Å²) >= 11 is 5.19. The first kappa shape index (κ1) is 14.4. The van der Waals surface area contributed by atoms with Crippen LogP contribution < -0.4 is 15.8 Å². The molecule has 1 aromatic carbocycles. The Hall–Kier alpha value is -1.04. The molecule has 0 aliphatic rings. The number of halogens is 1. The summed E-state index contributed by atoms with van der Waals surface area (Å²) < 4.78 is 6.20. The van der Waals surface area contributed by atoms with Crippen LogP contribution in [0.3, 0.4) is 0 Å². The normalized spacial score (nSPS) is 12.4. The monoisotopic (exact) mass is 340 g/mol. The Bertz CT molecular complexity index is 556. The van der Waals surface area contributed by atoms with Gasteiger partial charge in [-0.3, -0.25) is 0 Å². The maximum Gasteiger partial charge on any atom is 0.133 e. The van der Waals surface area contributed by atoms with E-state index in [1.807, 2.05) is 17.5 Å². The zero-order valence-corrected chi connectivity index (χ0v) is 13.3. The van der Waals surface area contributed by atoms with Gasteiger partial charge in [-0.15, -0.1) is 11.3 Å². The fourth-order valence-electron chi connectivity index (χ4n) is 1.81. The molecule has 1 aromatic heterocycles. The van der Waals surface area contributed by atoms with Crippen molar-refractivity contribution in [2.45, 2.75) is 19.5 Å². The van der Waals surface area contributed by atoms with Crippen LogP contribution in [0.1, 0.15) is 23.4 Å². The number of nitrogens with one attached hydrogen (secondary N) is 1. The van der Waals surface area contributed by atoms with Crippen molar-refractivity contribution in [3.05, 3.63) is 44.6 Å². The SMILES string of the molecule is COc1ccc(C(C)NCc2sccc2N)cc1Br. The molecule has 19 heavy (non-hydrogen) atoms. The van der Waals surface area contributed by atoms with Gasteiger partial charge in [0.15, 0.2) is 0 Å². The molecule has 0 aliphatic heterocycles. The van der Waals surface area contributed by atoms with Crippen LogP contribution in [0.5, 0.6) is 5.75 Å². The molecular weight excluding hydrogens is 324 g/mol. The van der Waals surface area contributed by atoms with E-state index in [1.54, 1.807) is 18.4 Å². The number of anilines is 1. The Kier molecular flexibility index (Phi) is 4.85. The molecule has 0 spiro atoms. The molecule has 0 saturated heterocycles. The molecular formula is C14H17BrN2OS. The summed E-state index contributed by atoms with van der Waals surface area (Å²) in [5, 5.41) is 5.49. The van der Waals surface area contributed by atoms with E-state index in [1.165, 1.54) is 10.4 Å². The summed E-state index contributed by atoms with van der Waals surface area (Å²) in [7, 11) is 1.67. The molecule has 0 saturated carbocycles. The Balaban J connectivity index is 2.02. The molecule has 1 heterocycles. The lowest BCUT2D eigenvalue weighted by atomic mass is 10.1. The number of benzene rings is 1. The maximum absolute atomic E-state index is 5.87. The molecule has 0 amide bonds. The van der Waals surface area contributed by atoms with Gasteiger partial charge < -0.3 is 15.8 Å². The third-order valence-corrected chi connectivity index (χ3v) is 4.58. The van der Waals surface area contributed by atoms with E-state index in [9.17, 15) is 0 Å². The minimum atomic E-state index is 0.253. The molecule has 2 rings (SSSR count). The first-order valence-electron chi connectivity index (χ1n) is 6.00. The van der Waals surface area contributed by atoms with Crippen LogP contribution in [0.25, 0.3) is 0 Å². The summed E-state index contributed by atoms with van der Waals surface area (Å²) in [5.41, 5.74) is 7.95. The van der Waals surface area contributed by atoms with Crippen molar-refractivity contribution in [1.82, 2.24) is 5.32 Å². The molecule has 0 radical (unpaired) electrons. The number of ether oxygens (including phenoxy) is 1. The largest absolute Gasteiger partial charge is 0.496 e. The van der Waals surface area contributed by atoms with Crippen LogP contribution in [-0.2, 0) is 6.54 Å². The van der Waals surface area contributed by atoms with E-state index in [4.69, 9.17) is 10.5 Å². The summed E-state index contributed by atoms with van der Waals surface area (Å²) in [5.74, 6) is 0.846. The molecule has 0 fully saturated rings. The minimum Gasteiger partial charge on any atom is -0.496 e. The topological polar surface area (TPSA) is 47.3 Å². The minimum absolute atomic E-state index is 0.253. The average molecular weight is 341 g/mol. The van der Waals surface area contributed by atoms with Crippen molar-refractivity contribution in [1.29, 1.82) is 0 Å². The van der Waals surface area contributed by atoms with Gasteiger partial charge in [-0.2, -0.15) is 0 Å². The second-order valence-corrected chi connectivity index (χ2v) is 6.15. The molecule has 0 aliphatic carbocycles. The quantitative estimate of drug-likeness (QED) is 0.866. The van der Waals surface area contributed by atoms with Gasteiger partial charge in [0.1, 0.15) is 5.75 Å². The molecule has 2 aromatic rings. The highest BCUT2D eigenvalue weighted by molar-refractivity contribution is 9.10. The van der Waals surface area contributed by atoms with E-state index in [0.29, 0.717) is 0 Å². The zero-order chi connectivity index (χ0) is 13.8. The molecule has 1 atom stereocenters. The number of nitrogen functional groups attached to an aromatic ring is 1. The van der Waals surface area contributed by atoms with Crippen molar-refractivity contribution in [2.75, 3.05) is 12.8 Å². The van der Waals surface area contributed by atoms with Gasteiger partial charge in [-0.1, -0.05) is 6.07 Å². The van der Waals surface area contributed by atoms with Crippen LogP contribution in [0.2, 0.25) is 0 Å². The van der Waals surface area contributed by atoms with Gasteiger partial charge in [-0.05, 0) is 52.0 Å². The van der Waals surface area contributed by atoms with E-state index < -0.39 is 0 Å². The first-order chi connectivity index (χ1) is 9.11. The number of nitrogens with two attached hydrogens (primary N) is 1. The summed E-state index contributed by atoms with van der Waals surface area (Å²) in [6.45, 7) is 2.92. The number of methoxy groups -OCH3 is 1. The predicted molar refractivity (Wildman–Crippen MR) is 84.7 cm³/mol. The molecule has 102 valence electrons. The Morgan fingerprint density at radius 3 is 2.79 bits per heavy atom. The second-order valence-electron chi connectivity index (χ2n) is 4.30. The molecule has 5 heteroatoms. The van der Waals surface area contributed by atoms with Gasteiger partial charge in [-0.25, -0.2) is 0 Å². The van der Waals surface area contributed by atoms with Crippen molar-refractivity contribution < 1.29 is 4.74 Å². The van der Waals surface area contributed by atoms with Crippen LogP contribution in [0.15, 0.2) is 34.1 Å². The average Bonchev–Trinajstić information content (AvgIpc) is 2.81. The third-order valence-electron chi connectivity index (χ3n) is 3.02. The fraction of sp³-hybridized carbons (Fsp3) is 0.286.